The van der Waals surface area contributed by atoms with Gasteiger partial charge in [-0.25, -0.2) is 9.78 Å². The summed E-state index contributed by atoms with van der Waals surface area (Å²) in [7, 11) is 1.81. The van der Waals surface area contributed by atoms with E-state index in [9.17, 15) is 27.6 Å². The van der Waals surface area contributed by atoms with Crippen molar-refractivity contribution in [3.05, 3.63) is 88.6 Å². The van der Waals surface area contributed by atoms with Gasteiger partial charge in [0.25, 0.3) is 5.56 Å². The molecule has 1 aliphatic rings. The van der Waals surface area contributed by atoms with Crippen LogP contribution in [-0.2, 0) is 28.0 Å². The highest BCUT2D eigenvalue weighted by molar-refractivity contribution is 6.31. The van der Waals surface area contributed by atoms with Crippen LogP contribution in [0.15, 0.2) is 72.3 Å². The summed E-state index contributed by atoms with van der Waals surface area (Å²) in [4.78, 5) is 56.1. The first-order chi connectivity index (χ1) is 24.1. The molecule has 0 unspecified atom stereocenters. The minimum atomic E-state index is -5.08. The summed E-state index contributed by atoms with van der Waals surface area (Å²) in [5, 5.41) is 28.2. The van der Waals surface area contributed by atoms with Gasteiger partial charge in [0.05, 0.1) is 47.5 Å². The molecule has 1 aliphatic heterocycles. The number of amides is 1. The predicted octanol–water partition coefficient (Wildman–Crippen LogP) is 5.29. The van der Waals surface area contributed by atoms with Crippen molar-refractivity contribution in [3.8, 4) is 33.6 Å². The van der Waals surface area contributed by atoms with E-state index >= 15 is 0 Å². The molecule has 5 aromatic rings. The monoisotopic (exact) mass is 726 g/mol. The summed E-state index contributed by atoms with van der Waals surface area (Å²) < 4.78 is 36.3. The summed E-state index contributed by atoms with van der Waals surface area (Å²) in [6.45, 7) is 1.61. The fraction of sp³-hybridized carbons (Fsp3) is 0.273. The molecule has 266 valence electrons. The SMILES string of the molecule is C[C@@H]1CCC[C@H](n2cnc(-c3cc(Cl)ccc3-c3cnn(CC(=O)O)c3)cc2=O)c2cc(ccn2)-c2c(cnn2C)NC1=O.O=C(O)C(F)(F)F. The van der Waals surface area contributed by atoms with Crippen LogP contribution in [0, 0.1) is 5.92 Å². The van der Waals surface area contributed by atoms with E-state index in [2.05, 4.69) is 25.5 Å². The number of hydrogen-bond donors (Lipinski definition) is 3. The maximum absolute atomic E-state index is 13.8. The molecule has 0 spiro atoms. The number of carboxylic acid groups (broad SMARTS) is 2. The molecule has 5 heterocycles. The van der Waals surface area contributed by atoms with Crippen molar-refractivity contribution in [2.75, 3.05) is 5.32 Å². The number of nitrogens with zero attached hydrogens (tertiary/aromatic N) is 7. The fourth-order valence-corrected chi connectivity index (χ4v) is 5.75. The quantitative estimate of drug-likeness (QED) is 0.215. The van der Waals surface area contributed by atoms with E-state index in [1.54, 1.807) is 52.2 Å². The van der Waals surface area contributed by atoms with E-state index in [1.165, 1.54) is 17.1 Å². The van der Waals surface area contributed by atoms with Crippen LogP contribution in [0.1, 0.15) is 37.9 Å². The normalized spacial score (nSPS) is 16.1. The van der Waals surface area contributed by atoms with Crippen LogP contribution >= 0.6 is 11.6 Å². The van der Waals surface area contributed by atoms with Crippen molar-refractivity contribution >= 4 is 35.1 Å². The highest BCUT2D eigenvalue weighted by Gasteiger charge is 2.38. The lowest BCUT2D eigenvalue weighted by molar-refractivity contribution is -0.192. The average molecular weight is 727 g/mol. The number of aromatic nitrogens is 7. The third-order valence-corrected chi connectivity index (χ3v) is 8.30. The van der Waals surface area contributed by atoms with E-state index in [0.717, 1.165) is 11.3 Å². The van der Waals surface area contributed by atoms with Crippen LogP contribution in [0.5, 0.6) is 0 Å². The first kappa shape index (κ1) is 36.4. The zero-order valence-corrected chi connectivity index (χ0v) is 27.8. The van der Waals surface area contributed by atoms with Crippen LogP contribution in [0.3, 0.4) is 0 Å². The first-order valence-corrected chi connectivity index (χ1v) is 15.7. The Morgan fingerprint density at radius 1 is 1.00 bits per heavy atom. The molecular weight excluding hydrogens is 697 g/mol. The number of carbonyl (C=O) groups is 3. The lowest BCUT2D eigenvalue weighted by Gasteiger charge is -2.22. The number of fused-ring (bicyclic) bond motifs is 4. The lowest BCUT2D eigenvalue weighted by Crippen LogP contribution is -2.27. The zero-order chi connectivity index (χ0) is 37.0. The number of aryl methyl sites for hydroxylation is 1. The average Bonchev–Trinajstić information content (AvgIpc) is 3.68. The second-order valence-electron chi connectivity index (χ2n) is 11.7. The number of pyridine rings is 1. The summed E-state index contributed by atoms with van der Waals surface area (Å²) in [6.07, 6.45) is 4.83. The topological polar surface area (TPSA) is 187 Å². The van der Waals surface area contributed by atoms with Crippen molar-refractivity contribution in [2.45, 2.75) is 44.9 Å². The number of nitrogens with one attached hydrogen (secondary N) is 1. The summed E-state index contributed by atoms with van der Waals surface area (Å²) in [6, 6.07) is 10.0. The molecule has 0 saturated heterocycles. The van der Waals surface area contributed by atoms with Gasteiger partial charge in [-0.15, -0.1) is 0 Å². The molecule has 1 amide bonds. The zero-order valence-electron chi connectivity index (χ0n) is 27.0. The highest BCUT2D eigenvalue weighted by Crippen LogP contribution is 2.35. The maximum atomic E-state index is 13.8. The number of aliphatic carboxylic acids is 2. The number of anilines is 1. The molecule has 51 heavy (non-hydrogen) atoms. The maximum Gasteiger partial charge on any atom is 0.490 e. The van der Waals surface area contributed by atoms with Crippen molar-refractivity contribution in [2.24, 2.45) is 13.0 Å². The van der Waals surface area contributed by atoms with Crippen LogP contribution < -0.4 is 10.9 Å². The van der Waals surface area contributed by atoms with Gasteiger partial charge in [0.1, 0.15) is 6.54 Å². The van der Waals surface area contributed by atoms with Crippen LogP contribution in [0.25, 0.3) is 33.6 Å². The Kier molecular flexibility index (Phi) is 10.7. The molecule has 0 aliphatic carbocycles. The molecule has 18 heteroatoms. The Hall–Kier alpha value is -5.84. The number of carboxylic acids is 2. The lowest BCUT2D eigenvalue weighted by atomic mass is 9.96. The minimum absolute atomic E-state index is 0.0836. The standard InChI is InChI=1S/C31H29ClN8O4.C2HF3O2/c1-18-4-3-5-27(25-10-19(8-9-33-25)30-26(37-31(18)44)14-35-38(30)2)40-17-34-24(12-28(40)41)23-11-21(32)6-7-22(23)20-13-36-39(15-20)16-29(42)43;3-2(4,5)1(6)7/h6-15,17-18,27H,3-5,16H2,1-2H3,(H,37,44)(H,42,43);(H,6,7)/t18-,27+;/m1./s1. The second-order valence-corrected chi connectivity index (χ2v) is 12.1. The molecule has 1 aromatic carbocycles. The smallest absolute Gasteiger partial charge is 0.480 e. The number of rotatable bonds is 5. The summed E-state index contributed by atoms with van der Waals surface area (Å²) in [5.41, 5.74) is 4.98. The van der Waals surface area contributed by atoms with Gasteiger partial charge in [-0.05, 0) is 42.7 Å². The summed E-state index contributed by atoms with van der Waals surface area (Å²) in [5.74, 6) is -4.09. The van der Waals surface area contributed by atoms with Gasteiger partial charge in [-0.3, -0.25) is 33.3 Å². The van der Waals surface area contributed by atoms with Gasteiger partial charge in [-0.1, -0.05) is 31.0 Å². The fourth-order valence-electron chi connectivity index (χ4n) is 5.58. The Labute approximate surface area is 292 Å². The number of halogens is 4. The van der Waals surface area contributed by atoms with Gasteiger partial charge in [-0.2, -0.15) is 23.4 Å². The van der Waals surface area contributed by atoms with Gasteiger partial charge in [0.2, 0.25) is 5.91 Å². The molecule has 14 nitrogen and oxygen atoms in total. The van der Waals surface area contributed by atoms with Gasteiger partial charge in [0.15, 0.2) is 0 Å². The molecule has 2 bridgehead atoms. The summed E-state index contributed by atoms with van der Waals surface area (Å²) >= 11 is 6.35. The molecular formula is C33H30ClF3N8O6. The Morgan fingerprint density at radius 2 is 1.75 bits per heavy atom. The first-order valence-electron chi connectivity index (χ1n) is 15.3. The van der Waals surface area contributed by atoms with E-state index in [-0.39, 0.29) is 23.9 Å². The van der Waals surface area contributed by atoms with Crippen LogP contribution in [0.2, 0.25) is 5.02 Å². The van der Waals surface area contributed by atoms with Crippen LogP contribution in [-0.4, -0.2) is 68.3 Å². The Balaban J connectivity index is 0.000000654. The number of carbonyl (C=O) groups excluding carboxylic acids is 1. The largest absolute Gasteiger partial charge is 0.490 e. The molecule has 4 aromatic heterocycles. The molecule has 6 rings (SSSR count). The number of alkyl halides is 3. The Morgan fingerprint density at radius 3 is 2.43 bits per heavy atom. The van der Waals surface area contributed by atoms with E-state index < -0.39 is 24.2 Å². The van der Waals surface area contributed by atoms with Crippen LogP contribution in [0.4, 0.5) is 18.9 Å². The number of hydrogen-bond acceptors (Lipinski definition) is 8. The second kappa shape index (κ2) is 15.0. The molecule has 3 N–H and O–H groups in total. The van der Waals surface area contributed by atoms with E-state index in [0.29, 0.717) is 58.1 Å². The third kappa shape index (κ3) is 8.49. The number of benzene rings is 1. The molecule has 0 saturated carbocycles. The van der Waals surface area contributed by atoms with Crippen molar-refractivity contribution in [3.63, 3.8) is 0 Å². The van der Waals surface area contributed by atoms with Crippen molar-refractivity contribution < 1.29 is 37.8 Å². The van der Waals surface area contributed by atoms with Crippen molar-refractivity contribution in [1.29, 1.82) is 0 Å². The minimum Gasteiger partial charge on any atom is -0.480 e. The predicted molar refractivity (Wildman–Crippen MR) is 178 cm³/mol. The molecule has 2 atom stereocenters. The van der Waals surface area contributed by atoms with E-state index in [4.69, 9.17) is 26.6 Å². The Bertz CT molecular complexity index is 2160. The molecule has 0 fully saturated rings. The van der Waals surface area contributed by atoms with Crippen molar-refractivity contribution in [1.82, 2.24) is 34.1 Å². The molecule has 0 radical (unpaired) electrons. The van der Waals surface area contributed by atoms with Gasteiger partial charge < -0.3 is 15.5 Å². The van der Waals surface area contributed by atoms with Gasteiger partial charge >= 0.3 is 18.1 Å². The van der Waals surface area contributed by atoms with E-state index in [1.807, 2.05) is 26.1 Å². The van der Waals surface area contributed by atoms with Gasteiger partial charge in [0, 0.05) is 53.1 Å². The highest BCUT2D eigenvalue weighted by atomic mass is 35.5. The third-order valence-electron chi connectivity index (χ3n) is 8.07.